The zero-order valence-electron chi connectivity index (χ0n) is 11.7. The van der Waals surface area contributed by atoms with Crippen molar-refractivity contribution in [1.82, 2.24) is 10.3 Å². The lowest BCUT2D eigenvalue weighted by atomic mass is 10.1. The first-order valence-electron chi connectivity index (χ1n) is 6.33. The van der Waals surface area contributed by atoms with Gasteiger partial charge in [-0.2, -0.15) is 0 Å². The summed E-state index contributed by atoms with van der Waals surface area (Å²) in [6, 6.07) is 4.32. The van der Waals surface area contributed by atoms with Crippen LogP contribution in [-0.2, 0) is 6.54 Å². The van der Waals surface area contributed by atoms with E-state index in [2.05, 4.69) is 10.3 Å². The van der Waals surface area contributed by atoms with E-state index >= 15 is 0 Å². The number of hydrogen-bond donors (Lipinski definition) is 2. The van der Waals surface area contributed by atoms with Crippen molar-refractivity contribution < 1.29 is 13.6 Å². The number of nitrogens with zero attached hydrogens (tertiary/aromatic N) is 1. The monoisotopic (exact) mass is 291 g/mol. The van der Waals surface area contributed by atoms with E-state index in [1.54, 1.807) is 26.0 Å². The van der Waals surface area contributed by atoms with Gasteiger partial charge in [0.2, 0.25) is 0 Å². The number of rotatable bonds is 3. The van der Waals surface area contributed by atoms with Crippen molar-refractivity contribution >= 4 is 11.7 Å². The molecule has 6 heteroatoms. The molecule has 0 aliphatic carbocycles. The fraction of sp³-hybridized carbons (Fsp3) is 0.200. The van der Waals surface area contributed by atoms with Gasteiger partial charge in [0.05, 0.1) is 11.8 Å². The third-order valence-corrected chi connectivity index (χ3v) is 3.08. The molecule has 0 atom stereocenters. The predicted octanol–water partition coefficient (Wildman–Crippen LogP) is 2.49. The van der Waals surface area contributed by atoms with E-state index in [1.165, 1.54) is 0 Å². The van der Waals surface area contributed by atoms with Crippen LogP contribution in [0.2, 0.25) is 0 Å². The Balaban J connectivity index is 2.13. The lowest BCUT2D eigenvalue weighted by Gasteiger charge is -2.09. The SMILES string of the molecule is Cc1cc(CNC(=O)c2cc(F)cnc2N)cc(C)c1F. The van der Waals surface area contributed by atoms with Crippen LogP contribution in [-0.4, -0.2) is 10.9 Å². The van der Waals surface area contributed by atoms with Gasteiger partial charge in [0.1, 0.15) is 17.5 Å². The van der Waals surface area contributed by atoms with Gasteiger partial charge < -0.3 is 11.1 Å². The Bertz CT molecular complexity index is 678. The van der Waals surface area contributed by atoms with Crippen molar-refractivity contribution in [3.8, 4) is 0 Å². The second-order valence-electron chi connectivity index (χ2n) is 4.81. The van der Waals surface area contributed by atoms with Crippen molar-refractivity contribution in [3.63, 3.8) is 0 Å². The maximum atomic E-state index is 13.5. The number of hydrogen-bond acceptors (Lipinski definition) is 3. The number of amides is 1. The average molecular weight is 291 g/mol. The Labute approximate surface area is 121 Å². The van der Waals surface area contributed by atoms with Crippen LogP contribution in [0.25, 0.3) is 0 Å². The number of pyridine rings is 1. The average Bonchev–Trinajstić information content (AvgIpc) is 2.44. The smallest absolute Gasteiger partial charge is 0.255 e. The molecule has 1 aromatic heterocycles. The number of nitrogens with one attached hydrogen (secondary N) is 1. The first-order chi connectivity index (χ1) is 9.88. The number of nitrogens with two attached hydrogens (primary N) is 1. The van der Waals surface area contributed by atoms with Gasteiger partial charge in [-0.3, -0.25) is 4.79 Å². The molecule has 0 saturated heterocycles. The van der Waals surface area contributed by atoms with Crippen molar-refractivity contribution in [2.24, 2.45) is 0 Å². The Morgan fingerprint density at radius 2 is 1.86 bits per heavy atom. The first kappa shape index (κ1) is 14.9. The molecule has 0 radical (unpaired) electrons. The number of carbonyl (C=O) groups is 1. The van der Waals surface area contributed by atoms with Crippen molar-refractivity contribution in [3.05, 3.63) is 58.3 Å². The fourth-order valence-corrected chi connectivity index (χ4v) is 2.05. The standard InChI is InChI=1S/C15H15F2N3O/c1-8-3-10(4-9(2)13(8)17)6-20-15(21)12-5-11(16)7-19-14(12)18/h3-5,7H,6H2,1-2H3,(H2,18,19)(H,20,21). The lowest BCUT2D eigenvalue weighted by Crippen LogP contribution is -2.24. The Kier molecular flexibility index (Phi) is 4.16. The first-order valence-corrected chi connectivity index (χ1v) is 6.33. The van der Waals surface area contributed by atoms with Gasteiger partial charge in [-0.15, -0.1) is 0 Å². The van der Waals surface area contributed by atoms with E-state index in [0.29, 0.717) is 11.1 Å². The van der Waals surface area contributed by atoms with Crippen LogP contribution in [0, 0.1) is 25.5 Å². The molecule has 0 aliphatic heterocycles. The molecule has 0 unspecified atom stereocenters. The van der Waals surface area contributed by atoms with Crippen LogP contribution < -0.4 is 11.1 Å². The molecule has 1 aromatic carbocycles. The molecule has 0 fully saturated rings. The summed E-state index contributed by atoms with van der Waals surface area (Å²) < 4.78 is 26.6. The largest absolute Gasteiger partial charge is 0.383 e. The molecule has 21 heavy (non-hydrogen) atoms. The van der Waals surface area contributed by atoms with Crippen molar-refractivity contribution in [1.29, 1.82) is 0 Å². The normalized spacial score (nSPS) is 10.5. The zero-order valence-corrected chi connectivity index (χ0v) is 11.7. The van der Waals surface area contributed by atoms with Crippen molar-refractivity contribution in [2.75, 3.05) is 5.73 Å². The van der Waals surface area contributed by atoms with E-state index in [-0.39, 0.29) is 23.7 Å². The number of aryl methyl sites for hydroxylation is 2. The molecular formula is C15H15F2N3O. The molecular weight excluding hydrogens is 276 g/mol. The fourth-order valence-electron chi connectivity index (χ4n) is 2.05. The van der Waals surface area contributed by atoms with Gasteiger partial charge in [0.15, 0.2) is 0 Å². The summed E-state index contributed by atoms with van der Waals surface area (Å²) in [5.74, 6) is -1.47. The van der Waals surface area contributed by atoms with Gasteiger partial charge in [-0.1, -0.05) is 12.1 Å². The highest BCUT2D eigenvalue weighted by Gasteiger charge is 2.12. The van der Waals surface area contributed by atoms with Crippen LogP contribution in [0.15, 0.2) is 24.4 Å². The van der Waals surface area contributed by atoms with Crippen LogP contribution in [0.1, 0.15) is 27.0 Å². The molecule has 2 aromatic rings. The van der Waals surface area contributed by atoms with E-state index in [0.717, 1.165) is 17.8 Å². The lowest BCUT2D eigenvalue weighted by molar-refractivity contribution is 0.0951. The van der Waals surface area contributed by atoms with E-state index in [9.17, 15) is 13.6 Å². The molecule has 1 heterocycles. The van der Waals surface area contributed by atoms with Gasteiger partial charge in [0.25, 0.3) is 5.91 Å². The summed E-state index contributed by atoms with van der Waals surface area (Å²) in [5, 5.41) is 2.61. The van der Waals surface area contributed by atoms with E-state index < -0.39 is 11.7 Å². The predicted molar refractivity (Wildman–Crippen MR) is 75.7 cm³/mol. The zero-order chi connectivity index (χ0) is 15.6. The maximum Gasteiger partial charge on any atom is 0.255 e. The summed E-state index contributed by atoms with van der Waals surface area (Å²) >= 11 is 0. The molecule has 0 spiro atoms. The van der Waals surface area contributed by atoms with E-state index in [4.69, 9.17) is 5.73 Å². The summed E-state index contributed by atoms with van der Waals surface area (Å²) in [5.41, 5.74) is 7.28. The molecule has 1 amide bonds. The summed E-state index contributed by atoms with van der Waals surface area (Å²) in [4.78, 5) is 15.5. The third kappa shape index (κ3) is 3.34. The number of anilines is 1. The molecule has 3 N–H and O–H groups in total. The highest BCUT2D eigenvalue weighted by Crippen LogP contribution is 2.15. The summed E-state index contributed by atoms with van der Waals surface area (Å²) in [6.45, 7) is 3.50. The van der Waals surface area contributed by atoms with E-state index in [1.807, 2.05) is 0 Å². The molecule has 0 saturated carbocycles. The minimum atomic E-state index is -0.636. The number of nitrogen functional groups attached to an aromatic ring is 1. The molecule has 0 bridgehead atoms. The van der Waals surface area contributed by atoms with Crippen LogP contribution >= 0.6 is 0 Å². The highest BCUT2D eigenvalue weighted by molar-refractivity contribution is 5.98. The summed E-state index contributed by atoms with van der Waals surface area (Å²) in [6.07, 6.45) is 0.943. The second-order valence-corrected chi connectivity index (χ2v) is 4.81. The summed E-state index contributed by atoms with van der Waals surface area (Å²) in [7, 11) is 0. The van der Waals surface area contributed by atoms with Crippen molar-refractivity contribution in [2.45, 2.75) is 20.4 Å². The Morgan fingerprint density at radius 3 is 2.48 bits per heavy atom. The quantitative estimate of drug-likeness (QED) is 0.913. The van der Waals surface area contributed by atoms with Gasteiger partial charge in [0, 0.05) is 6.54 Å². The number of aromatic nitrogens is 1. The second kappa shape index (κ2) is 5.87. The van der Waals surface area contributed by atoms with Crippen LogP contribution in [0.4, 0.5) is 14.6 Å². The molecule has 0 aliphatic rings. The molecule has 110 valence electrons. The number of benzene rings is 1. The minimum absolute atomic E-state index is 0.0226. The molecule has 2 rings (SSSR count). The molecule has 4 nitrogen and oxygen atoms in total. The Morgan fingerprint density at radius 1 is 1.24 bits per heavy atom. The highest BCUT2D eigenvalue weighted by atomic mass is 19.1. The van der Waals surface area contributed by atoms with Gasteiger partial charge >= 0.3 is 0 Å². The maximum absolute atomic E-state index is 13.5. The third-order valence-electron chi connectivity index (χ3n) is 3.08. The van der Waals surface area contributed by atoms with Gasteiger partial charge in [-0.25, -0.2) is 13.8 Å². The van der Waals surface area contributed by atoms with Gasteiger partial charge in [-0.05, 0) is 36.6 Å². The topological polar surface area (TPSA) is 68.0 Å². The number of halogens is 2. The number of carbonyl (C=O) groups excluding carboxylic acids is 1. The Hall–Kier alpha value is -2.50. The van der Waals surface area contributed by atoms with Crippen LogP contribution in [0.5, 0.6) is 0 Å². The van der Waals surface area contributed by atoms with Crippen LogP contribution in [0.3, 0.4) is 0 Å². The minimum Gasteiger partial charge on any atom is -0.383 e.